The van der Waals surface area contributed by atoms with Gasteiger partial charge in [-0.25, -0.2) is 4.98 Å². The van der Waals surface area contributed by atoms with Gasteiger partial charge in [-0.2, -0.15) is 5.26 Å². The summed E-state index contributed by atoms with van der Waals surface area (Å²) < 4.78 is 0. The number of imidazole rings is 1. The van der Waals surface area contributed by atoms with Gasteiger partial charge in [-0.15, -0.1) is 5.11 Å². The zero-order valence-electron chi connectivity index (χ0n) is 8.23. The van der Waals surface area contributed by atoms with Crippen molar-refractivity contribution in [1.29, 1.82) is 5.26 Å². The first kappa shape index (κ1) is 10.2. The van der Waals surface area contributed by atoms with Gasteiger partial charge in [0.1, 0.15) is 6.07 Å². The van der Waals surface area contributed by atoms with Crippen LogP contribution in [0.1, 0.15) is 19.5 Å². The molecule has 0 spiro atoms. The summed E-state index contributed by atoms with van der Waals surface area (Å²) in [6.07, 6.45) is 1.43. The number of rotatable bonds is 4. The quantitative estimate of drug-likeness (QED) is 0.581. The van der Waals surface area contributed by atoms with Crippen molar-refractivity contribution in [3.63, 3.8) is 0 Å². The topological polar surface area (TPSA) is 80.4 Å². The molecule has 14 heavy (non-hydrogen) atoms. The molecule has 0 radical (unpaired) electrons. The molecule has 0 unspecified atom stereocenters. The first-order chi connectivity index (χ1) is 6.81. The highest BCUT2D eigenvalue weighted by molar-refractivity contribution is 5.41. The summed E-state index contributed by atoms with van der Waals surface area (Å²) in [6.45, 7) is 5.54. The van der Waals surface area contributed by atoms with Crippen LogP contribution in [0.5, 0.6) is 0 Å². The van der Waals surface area contributed by atoms with Crippen LogP contribution >= 0.6 is 0 Å². The van der Waals surface area contributed by atoms with E-state index in [-0.39, 0.29) is 0 Å². The van der Waals surface area contributed by atoms with Crippen LogP contribution in [-0.2, 0) is 0 Å². The Morgan fingerprint density at radius 3 is 2.86 bits per heavy atom. The van der Waals surface area contributed by atoms with E-state index in [1.807, 2.05) is 19.9 Å². The third-order valence-corrected chi connectivity index (χ3v) is 1.73. The molecule has 0 aliphatic rings. The van der Waals surface area contributed by atoms with Crippen molar-refractivity contribution in [3.05, 3.63) is 12.0 Å². The monoisotopic (exact) mass is 192 g/mol. The summed E-state index contributed by atoms with van der Waals surface area (Å²) in [4.78, 5) is 6.53. The summed E-state index contributed by atoms with van der Waals surface area (Å²) in [5.41, 5.74) is 0.334. The number of aromatic amines is 1. The number of nitrogens with one attached hydrogen (secondary N) is 1. The summed E-state index contributed by atoms with van der Waals surface area (Å²) in [5, 5.41) is 18.2. The maximum absolute atomic E-state index is 8.65. The highest BCUT2D eigenvalue weighted by Gasteiger charge is 2.02. The van der Waals surface area contributed by atoms with E-state index in [4.69, 9.17) is 5.26 Å². The van der Waals surface area contributed by atoms with Gasteiger partial charge in [0.25, 0.3) is 0 Å². The van der Waals surface area contributed by atoms with E-state index in [1.165, 1.54) is 6.33 Å². The van der Waals surface area contributed by atoms with Gasteiger partial charge in [0.15, 0.2) is 5.69 Å². The molecule has 0 fully saturated rings. The SMILES string of the molecule is CCN(CC)/N=N/c1nc[nH]c1C#N. The van der Waals surface area contributed by atoms with Gasteiger partial charge in [0.05, 0.1) is 6.33 Å². The Morgan fingerprint density at radius 1 is 1.57 bits per heavy atom. The standard InChI is InChI=1S/C8H12N6/c1-3-14(4-2)13-12-8-7(5-9)10-6-11-8/h6H,3-4H2,1-2H3,(H,10,11)/b13-12+. The van der Waals surface area contributed by atoms with Crippen LogP contribution in [0.25, 0.3) is 0 Å². The summed E-state index contributed by atoms with van der Waals surface area (Å²) in [7, 11) is 0. The highest BCUT2D eigenvalue weighted by Crippen LogP contribution is 2.12. The number of hydrogen-bond acceptors (Lipinski definition) is 4. The lowest BCUT2D eigenvalue weighted by Crippen LogP contribution is -2.14. The molecule has 0 saturated heterocycles. The molecule has 0 bridgehead atoms. The molecule has 1 N–H and O–H groups in total. The fourth-order valence-electron chi connectivity index (χ4n) is 0.901. The van der Waals surface area contributed by atoms with Crippen LogP contribution in [-0.4, -0.2) is 28.1 Å². The highest BCUT2D eigenvalue weighted by atomic mass is 15.5. The number of nitrogens with zero attached hydrogens (tertiary/aromatic N) is 5. The number of nitriles is 1. The van der Waals surface area contributed by atoms with Gasteiger partial charge in [-0.05, 0) is 13.8 Å². The Balaban J connectivity index is 2.73. The van der Waals surface area contributed by atoms with Crippen LogP contribution in [0.3, 0.4) is 0 Å². The molecule has 1 heterocycles. The molecular weight excluding hydrogens is 180 g/mol. The van der Waals surface area contributed by atoms with Crippen molar-refractivity contribution in [2.75, 3.05) is 13.1 Å². The predicted molar refractivity (Wildman–Crippen MR) is 50.7 cm³/mol. The minimum Gasteiger partial charge on any atom is -0.334 e. The fraction of sp³-hybridized carbons (Fsp3) is 0.500. The Bertz CT molecular complexity index is 343. The smallest absolute Gasteiger partial charge is 0.212 e. The molecule has 6 nitrogen and oxygen atoms in total. The molecule has 0 aliphatic carbocycles. The van der Waals surface area contributed by atoms with Crippen LogP contribution in [0, 0.1) is 11.3 Å². The maximum Gasteiger partial charge on any atom is 0.212 e. The predicted octanol–water partition coefficient (Wildman–Crippen LogP) is 1.62. The number of aromatic nitrogens is 2. The summed E-state index contributed by atoms with van der Waals surface area (Å²) in [5.74, 6) is 0.333. The van der Waals surface area contributed by atoms with Crippen molar-refractivity contribution in [2.45, 2.75) is 13.8 Å². The first-order valence-electron chi connectivity index (χ1n) is 4.41. The van der Waals surface area contributed by atoms with Crippen molar-refractivity contribution in [3.8, 4) is 6.07 Å². The number of hydrogen-bond donors (Lipinski definition) is 1. The second kappa shape index (κ2) is 4.97. The van der Waals surface area contributed by atoms with E-state index >= 15 is 0 Å². The number of H-pyrrole nitrogens is 1. The molecule has 0 atom stereocenters. The third-order valence-electron chi connectivity index (χ3n) is 1.73. The van der Waals surface area contributed by atoms with E-state index in [9.17, 15) is 0 Å². The molecule has 74 valence electrons. The van der Waals surface area contributed by atoms with E-state index in [1.54, 1.807) is 5.01 Å². The van der Waals surface area contributed by atoms with E-state index < -0.39 is 0 Å². The zero-order valence-corrected chi connectivity index (χ0v) is 8.23. The van der Waals surface area contributed by atoms with E-state index in [0.717, 1.165) is 13.1 Å². The third kappa shape index (κ3) is 2.29. The van der Waals surface area contributed by atoms with Crippen LogP contribution in [0.15, 0.2) is 16.7 Å². The average molecular weight is 192 g/mol. The second-order valence-electron chi connectivity index (χ2n) is 2.54. The van der Waals surface area contributed by atoms with Crippen molar-refractivity contribution >= 4 is 5.82 Å². The lowest BCUT2D eigenvalue weighted by atomic mass is 10.5. The first-order valence-corrected chi connectivity index (χ1v) is 4.41. The molecule has 0 amide bonds. The molecule has 0 saturated carbocycles. The van der Waals surface area contributed by atoms with E-state index in [0.29, 0.717) is 11.5 Å². The van der Waals surface area contributed by atoms with Crippen molar-refractivity contribution in [2.24, 2.45) is 10.3 Å². The van der Waals surface area contributed by atoms with Crippen LogP contribution in [0.2, 0.25) is 0 Å². The second-order valence-corrected chi connectivity index (χ2v) is 2.54. The Labute approximate surface area is 82.3 Å². The van der Waals surface area contributed by atoms with Gasteiger partial charge >= 0.3 is 0 Å². The van der Waals surface area contributed by atoms with Crippen molar-refractivity contribution < 1.29 is 0 Å². The molecule has 0 aromatic carbocycles. The minimum atomic E-state index is 0.333. The summed E-state index contributed by atoms with van der Waals surface area (Å²) >= 11 is 0. The van der Waals surface area contributed by atoms with Gasteiger partial charge in [-0.1, -0.05) is 5.22 Å². The Hall–Kier alpha value is -1.90. The Kier molecular flexibility index (Phi) is 3.61. The van der Waals surface area contributed by atoms with Gasteiger partial charge < -0.3 is 4.98 Å². The fourth-order valence-corrected chi connectivity index (χ4v) is 0.901. The molecule has 6 heteroatoms. The molecular formula is C8H12N6. The van der Waals surface area contributed by atoms with Gasteiger partial charge in [-0.3, -0.25) is 5.01 Å². The lowest BCUT2D eigenvalue weighted by molar-refractivity contribution is 0.300. The van der Waals surface area contributed by atoms with Crippen LogP contribution in [0.4, 0.5) is 5.82 Å². The molecule has 0 aliphatic heterocycles. The molecule has 1 aromatic rings. The Morgan fingerprint density at radius 2 is 2.29 bits per heavy atom. The summed E-state index contributed by atoms with van der Waals surface area (Å²) in [6, 6.07) is 1.95. The zero-order chi connectivity index (χ0) is 10.4. The van der Waals surface area contributed by atoms with Gasteiger partial charge in [0, 0.05) is 13.1 Å². The molecule has 1 aromatic heterocycles. The molecule has 1 rings (SSSR count). The lowest BCUT2D eigenvalue weighted by Gasteiger charge is -2.10. The largest absolute Gasteiger partial charge is 0.334 e. The van der Waals surface area contributed by atoms with Crippen molar-refractivity contribution in [1.82, 2.24) is 15.0 Å². The minimum absolute atomic E-state index is 0.333. The van der Waals surface area contributed by atoms with E-state index in [2.05, 4.69) is 20.3 Å². The maximum atomic E-state index is 8.65. The van der Waals surface area contributed by atoms with Crippen LogP contribution < -0.4 is 0 Å². The average Bonchev–Trinajstić information content (AvgIpc) is 2.67. The normalized spacial score (nSPS) is 10.4. The van der Waals surface area contributed by atoms with Gasteiger partial charge in [0.2, 0.25) is 5.82 Å².